The van der Waals surface area contributed by atoms with Crippen molar-refractivity contribution in [2.45, 2.75) is 0 Å². The van der Waals surface area contributed by atoms with E-state index < -0.39 is 30.2 Å². The molecule has 0 saturated heterocycles. The van der Waals surface area contributed by atoms with Crippen LogP contribution in [0.1, 0.15) is 11.0 Å². The van der Waals surface area contributed by atoms with Crippen molar-refractivity contribution in [2.24, 2.45) is 0 Å². The van der Waals surface area contributed by atoms with E-state index in [0.29, 0.717) is 11.1 Å². The van der Waals surface area contributed by atoms with Crippen molar-refractivity contribution in [3.63, 3.8) is 0 Å². The Bertz CT molecular complexity index is 3250. The topological polar surface area (TPSA) is 13.1 Å². The van der Waals surface area contributed by atoms with Gasteiger partial charge in [0.25, 0.3) is 0 Å². The third kappa shape index (κ3) is 4.33. The number of rotatable bonds is 4. The van der Waals surface area contributed by atoms with Crippen LogP contribution in [0.3, 0.4) is 0 Å². The SMILES string of the molecule is [2H]c1c([2H])c([2H])c(-c2c([2H])c([2H])c(-c3c4ccccc4c(-c4cccc5oc6c7ccccc7ccc6c45)c4ccccc34)c([2H])c2-c2ccccc2)c([2H])c1[2H]. The Balaban J connectivity index is 1.34. The third-order valence-corrected chi connectivity index (χ3v) is 9.46. The number of fused-ring (bicyclic) bond motifs is 7. The van der Waals surface area contributed by atoms with E-state index in [1.165, 1.54) is 0 Å². The van der Waals surface area contributed by atoms with Crippen molar-refractivity contribution in [3.05, 3.63) is 182 Å². The molecule has 0 fully saturated rings. The predicted octanol–water partition coefficient (Wildman–Crippen LogP) is 13.7. The molecule has 49 heavy (non-hydrogen) atoms. The Morgan fingerprint density at radius 1 is 0.388 bits per heavy atom. The summed E-state index contributed by atoms with van der Waals surface area (Å²) in [7, 11) is 0. The van der Waals surface area contributed by atoms with E-state index in [2.05, 4.69) is 30.3 Å². The van der Waals surface area contributed by atoms with Crippen molar-refractivity contribution >= 4 is 54.3 Å². The maximum Gasteiger partial charge on any atom is 0.143 e. The van der Waals surface area contributed by atoms with E-state index in [1.54, 1.807) is 24.3 Å². The van der Waals surface area contributed by atoms with E-state index in [-0.39, 0.29) is 40.4 Å². The average Bonchev–Trinajstić information content (AvgIpc) is 3.64. The molecule has 1 nitrogen and oxygen atoms in total. The van der Waals surface area contributed by atoms with Crippen LogP contribution in [0.5, 0.6) is 0 Å². The zero-order valence-electron chi connectivity index (χ0n) is 34.1. The fraction of sp³-hybridized carbons (Fsp3) is 0. The standard InChI is InChI=1S/C48H30O/c1-3-14-31(15-4-1)35-28-27-34(30-43(35)32-16-5-2-6-17-32)45-37-20-9-11-22-39(37)46(40-23-12-10-21-38(40)45)41-24-13-25-44-47(41)42-29-26-33-18-7-8-19-36(33)48(42)49-44/h1-30H/i1D,3D,4D,14D,15D,27D,28D,30D. The molecule has 0 saturated carbocycles. The second kappa shape index (κ2) is 11.1. The lowest BCUT2D eigenvalue weighted by atomic mass is 9.83. The predicted molar refractivity (Wildman–Crippen MR) is 208 cm³/mol. The van der Waals surface area contributed by atoms with E-state index in [4.69, 9.17) is 11.3 Å². The van der Waals surface area contributed by atoms with Gasteiger partial charge in [-0.05, 0) is 89.6 Å². The van der Waals surface area contributed by atoms with Crippen LogP contribution in [0.15, 0.2) is 186 Å². The first kappa shape index (κ1) is 20.7. The molecule has 228 valence electrons. The molecule has 10 rings (SSSR count). The Morgan fingerprint density at radius 3 is 1.78 bits per heavy atom. The van der Waals surface area contributed by atoms with Gasteiger partial charge in [0.15, 0.2) is 0 Å². The Kier molecular flexibility index (Phi) is 4.69. The minimum atomic E-state index is -0.555. The first-order chi connectivity index (χ1) is 27.7. The summed E-state index contributed by atoms with van der Waals surface area (Å²) in [5, 5.41) is 7.41. The summed E-state index contributed by atoms with van der Waals surface area (Å²) in [6.07, 6.45) is 0. The highest BCUT2D eigenvalue weighted by Gasteiger charge is 2.21. The summed E-state index contributed by atoms with van der Waals surface area (Å²) < 4.78 is 78.6. The van der Waals surface area contributed by atoms with Gasteiger partial charge in [-0.3, -0.25) is 0 Å². The first-order valence-corrected chi connectivity index (χ1v) is 16.2. The van der Waals surface area contributed by atoms with E-state index in [0.717, 1.165) is 65.4 Å². The minimum absolute atomic E-state index is 0.0479. The van der Waals surface area contributed by atoms with Gasteiger partial charge >= 0.3 is 0 Å². The second-order valence-corrected chi connectivity index (χ2v) is 12.2. The minimum Gasteiger partial charge on any atom is -0.455 e. The summed E-state index contributed by atoms with van der Waals surface area (Å²) in [5.41, 5.74) is 4.81. The zero-order valence-corrected chi connectivity index (χ0v) is 26.1. The molecule has 1 heterocycles. The van der Waals surface area contributed by atoms with Gasteiger partial charge in [-0.15, -0.1) is 0 Å². The van der Waals surface area contributed by atoms with Gasteiger partial charge in [-0.2, -0.15) is 0 Å². The lowest BCUT2D eigenvalue weighted by Gasteiger charge is -2.19. The van der Waals surface area contributed by atoms with Crippen LogP contribution >= 0.6 is 0 Å². The lowest BCUT2D eigenvalue weighted by Crippen LogP contribution is -1.92. The molecule has 0 radical (unpaired) electrons. The van der Waals surface area contributed by atoms with Crippen molar-refractivity contribution in [2.75, 3.05) is 0 Å². The van der Waals surface area contributed by atoms with Crippen molar-refractivity contribution in [1.82, 2.24) is 0 Å². The molecule has 0 N–H and O–H groups in total. The molecule has 1 heteroatoms. The van der Waals surface area contributed by atoms with Crippen LogP contribution in [-0.4, -0.2) is 0 Å². The monoisotopic (exact) mass is 630 g/mol. The fourth-order valence-electron chi connectivity index (χ4n) is 7.37. The molecule has 1 aromatic heterocycles. The van der Waals surface area contributed by atoms with Gasteiger partial charge in [0, 0.05) is 16.2 Å². The van der Waals surface area contributed by atoms with Crippen molar-refractivity contribution in [3.8, 4) is 44.5 Å². The second-order valence-electron chi connectivity index (χ2n) is 12.2. The lowest BCUT2D eigenvalue weighted by molar-refractivity contribution is 0.673. The van der Waals surface area contributed by atoms with Gasteiger partial charge in [0.05, 0.1) is 11.0 Å². The zero-order chi connectivity index (χ0) is 39.3. The van der Waals surface area contributed by atoms with Crippen molar-refractivity contribution < 1.29 is 15.4 Å². The van der Waals surface area contributed by atoms with Crippen LogP contribution in [0.25, 0.3) is 98.8 Å². The largest absolute Gasteiger partial charge is 0.455 e. The van der Waals surface area contributed by atoms with E-state index >= 15 is 0 Å². The Morgan fingerprint density at radius 2 is 1.04 bits per heavy atom. The van der Waals surface area contributed by atoms with E-state index in [9.17, 15) is 4.11 Å². The summed E-state index contributed by atoms with van der Waals surface area (Å²) >= 11 is 0. The van der Waals surface area contributed by atoms with E-state index in [1.807, 2.05) is 78.9 Å². The molecule has 9 aromatic carbocycles. The van der Waals surface area contributed by atoms with Crippen molar-refractivity contribution in [1.29, 1.82) is 0 Å². The van der Waals surface area contributed by atoms with Gasteiger partial charge in [-0.1, -0.05) is 164 Å². The molecule has 0 aliphatic heterocycles. The Hall–Kier alpha value is -6.44. The molecule has 10 aromatic rings. The molecular formula is C48H30O. The van der Waals surface area contributed by atoms with Gasteiger partial charge < -0.3 is 4.42 Å². The van der Waals surface area contributed by atoms with Crippen LogP contribution in [-0.2, 0) is 0 Å². The third-order valence-electron chi connectivity index (χ3n) is 9.46. The van der Waals surface area contributed by atoms with Crippen LogP contribution < -0.4 is 0 Å². The molecular weight excluding hydrogens is 593 g/mol. The van der Waals surface area contributed by atoms with Crippen LogP contribution in [0.2, 0.25) is 0 Å². The molecule has 0 aliphatic carbocycles. The quantitative estimate of drug-likeness (QED) is 0.176. The fourth-order valence-corrected chi connectivity index (χ4v) is 7.37. The maximum absolute atomic E-state index is 9.98. The normalized spacial score (nSPS) is 14.0. The summed E-state index contributed by atoms with van der Waals surface area (Å²) in [6, 6.07) is 40.0. The van der Waals surface area contributed by atoms with Gasteiger partial charge in [-0.25, -0.2) is 0 Å². The number of hydrogen-bond donors (Lipinski definition) is 0. The van der Waals surface area contributed by atoms with Gasteiger partial charge in [0.1, 0.15) is 11.2 Å². The number of hydrogen-bond acceptors (Lipinski definition) is 1. The molecule has 0 atom stereocenters. The summed E-state index contributed by atoms with van der Waals surface area (Å²) in [6.45, 7) is 0. The molecule has 0 unspecified atom stereocenters. The number of furan rings is 1. The molecule has 0 bridgehead atoms. The highest BCUT2D eigenvalue weighted by atomic mass is 16.3. The highest BCUT2D eigenvalue weighted by Crippen LogP contribution is 2.48. The molecule has 0 aliphatic rings. The Labute approximate surface area is 295 Å². The van der Waals surface area contributed by atoms with Crippen LogP contribution in [0.4, 0.5) is 0 Å². The van der Waals surface area contributed by atoms with Gasteiger partial charge in [0.2, 0.25) is 0 Å². The highest BCUT2D eigenvalue weighted by molar-refractivity contribution is 6.27. The molecule has 0 spiro atoms. The molecule has 0 amide bonds. The van der Waals surface area contributed by atoms with Crippen LogP contribution in [0, 0.1) is 0 Å². The summed E-state index contributed by atoms with van der Waals surface area (Å²) in [5.74, 6) is 0. The smallest absolute Gasteiger partial charge is 0.143 e. The maximum atomic E-state index is 9.98. The summed E-state index contributed by atoms with van der Waals surface area (Å²) in [4.78, 5) is 0. The first-order valence-electron chi connectivity index (χ1n) is 20.2. The number of benzene rings is 9. The average molecular weight is 631 g/mol.